The molecule has 1 unspecified atom stereocenters. The van der Waals surface area contributed by atoms with E-state index < -0.39 is 0 Å². The second kappa shape index (κ2) is 9.65. The Labute approximate surface area is 154 Å². The van der Waals surface area contributed by atoms with Gasteiger partial charge in [0.05, 0.1) is 12.2 Å². The number of hydrogen-bond donors (Lipinski definition) is 1. The van der Waals surface area contributed by atoms with Crippen molar-refractivity contribution in [3.63, 3.8) is 0 Å². The maximum atomic E-state index is 12.6. The second-order valence-corrected chi connectivity index (χ2v) is 6.69. The molecule has 1 N–H and O–H groups in total. The van der Waals surface area contributed by atoms with Crippen LogP contribution >= 0.6 is 0 Å². The molecule has 0 bridgehead atoms. The molecule has 0 saturated carbocycles. The van der Waals surface area contributed by atoms with E-state index >= 15 is 0 Å². The fraction of sp³-hybridized carbons (Fsp3) is 0.400. The van der Waals surface area contributed by atoms with E-state index in [-0.39, 0.29) is 24.3 Å². The van der Waals surface area contributed by atoms with Gasteiger partial charge in [0, 0.05) is 31.9 Å². The lowest BCUT2D eigenvalue weighted by Gasteiger charge is -2.24. The Morgan fingerprint density at radius 1 is 1.12 bits per heavy atom. The van der Waals surface area contributed by atoms with Crippen LogP contribution in [0.25, 0.3) is 0 Å². The molecule has 6 nitrogen and oxygen atoms in total. The summed E-state index contributed by atoms with van der Waals surface area (Å²) in [5.41, 5.74) is 1.35. The monoisotopic (exact) mass is 354 g/mol. The molecule has 138 valence electrons. The molecule has 1 aromatic carbocycles. The predicted molar refractivity (Wildman–Crippen MR) is 100 cm³/mol. The minimum Gasteiger partial charge on any atom is -0.350 e. The first kappa shape index (κ1) is 19.6. The van der Waals surface area contributed by atoms with Gasteiger partial charge in [0.1, 0.15) is 5.69 Å². The van der Waals surface area contributed by atoms with Gasteiger partial charge in [-0.05, 0) is 18.4 Å². The van der Waals surface area contributed by atoms with Crippen LogP contribution < -0.4 is 5.32 Å². The summed E-state index contributed by atoms with van der Waals surface area (Å²) in [6.07, 6.45) is 4.72. The van der Waals surface area contributed by atoms with Crippen LogP contribution in [0.2, 0.25) is 0 Å². The van der Waals surface area contributed by atoms with E-state index in [1.54, 1.807) is 4.90 Å². The predicted octanol–water partition coefficient (Wildman–Crippen LogP) is 2.84. The number of rotatable bonds is 8. The van der Waals surface area contributed by atoms with Crippen molar-refractivity contribution in [1.82, 2.24) is 20.2 Å². The molecular weight excluding hydrogens is 328 g/mol. The van der Waals surface area contributed by atoms with E-state index in [1.165, 1.54) is 18.6 Å². The molecule has 1 atom stereocenters. The molecule has 0 fully saturated rings. The molecule has 2 rings (SSSR count). The largest absolute Gasteiger partial charge is 0.350 e. The molecule has 1 aromatic heterocycles. The number of carbonyl (C=O) groups excluding carboxylic acids is 2. The minimum atomic E-state index is -0.198. The van der Waals surface area contributed by atoms with E-state index in [1.807, 2.05) is 51.1 Å². The number of benzene rings is 1. The lowest BCUT2D eigenvalue weighted by Crippen LogP contribution is -2.38. The summed E-state index contributed by atoms with van der Waals surface area (Å²) >= 11 is 0. The van der Waals surface area contributed by atoms with Gasteiger partial charge in [-0.3, -0.25) is 14.6 Å². The van der Waals surface area contributed by atoms with Crippen molar-refractivity contribution in [1.29, 1.82) is 0 Å². The number of nitrogens with zero attached hydrogens (tertiary/aromatic N) is 3. The molecule has 0 aliphatic carbocycles. The van der Waals surface area contributed by atoms with E-state index in [2.05, 4.69) is 15.3 Å². The summed E-state index contributed by atoms with van der Waals surface area (Å²) in [5, 5.41) is 2.98. The Bertz CT molecular complexity index is 704. The van der Waals surface area contributed by atoms with Crippen LogP contribution in [-0.2, 0) is 4.79 Å². The van der Waals surface area contributed by atoms with E-state index in [0.29, 0.717) is 24.7 Å². The third kappa shape index (κ3) is 5.95. The summed E-state index contributed by atoms with van der Waals surface area (Å²) in [7, 11) is 0. The highest BCUT2D eigenvalue weighted by molar-refractivity contribution is 5.92. The van der Waals surface area contributed by atoms with Crippen LogP contribution in [0.3, 0.4) is 0 Å². The summed E-state index contributed by atoms with van der Waals surface area (Å²) in [6, 6.07) is 9.73. The van der Waals surface area contributed by atoms with Crippen molar-refractivity contribution in [2.24, 2.45) is 5.92 Å². The quantitative estimate of drug-likeness (QED) is 0.791. The number of nitrogens with one attached hydrogen (secondary N) is 1. The van der Waals surface area contributed by atoms with Crippen molar-refractivity contribution in [2.45, 2.75) is 33.2 Å². The summed E-state index contributed by atoms with van der Waals surface area (Å²) in [5.74, 6) is 0.0136. The van der Waals surface area contributed by atoms with Crippen LogP contribution in [-0.4, -0.2) is 39.8 Å². The molecular formula is C20H26N4O2. The second-order valence-electron chi connectivity index (χ2n) is 6.69. The molecule has 0 aliphatic rings. The van der Waals surface area contributed by atoms with Crippen molar-refractivity contribution in [2.75, 3.05) is 13.1 Å². The van der Waals surface area contributed by atoms with Gasteiger partial charge in [-0.2, -0.15) is 0 Å². The average Bonchev–Trinajstić information content (AvgIpc) is 2.65. The highest BCUT2D eigenvalue weighted by atomic mass is 16.2. The van der Waals surface area contributed by atoms with Gasteiger partial charge >= 0.3 is 0 Å². The summed E-state index contributed by atoms with van der Waals surface area (Å²) in [6.45, 7) is 6.94. The highest BCUT2D eigenvalue weighted by Gasteiger charge is 2.19. The normalized spacial score (nSPS) is 11.8. The Morgan fingerprint density at radius 3 is 2.46 bits per heavy atom. The fourth-order valence-electron chi connectivity index (χ4n) is 2.66. The lowest BCUT2D eigenvalue weighted by atomic mass is 10.1. The van der Waals surface area contributed by atoms with Crippen LogP contribution in [0.15, 0.2) is 48.9 Å². The zero-order valence-electron chi connectivity index (χ0n) is 15.6. The Balaban J connectivity index is 1.94. The van der Waals surface area contributed by atoms with Gasteiger partial charge in [-0.15, -0.1) is 0 Å². The Kier molecular flexibility index (Phi) is 7.26. The summed E-state index contributed by atoms with van der Waals surface area (Å²) in [4.78, 5) is 34.6. The van der Waals surface area contributed by atoms with Crippen LogP contribution in [0, 0.1) is 5.92 Å². The number of aromatic nitrogens is 2. The Hall–Kier alpha value is -2.76. The molecule has 2 amide bonds. The SMILES string of the molecule is CC(C)CN(CCC(=O)NC(C)c1ccccc1)C(=O)c1cnccn1. The third-order valence-corrected chi connectivity index (χ3v) is 3.94. The van der Waals surface area contributed by atoms with Crippen molar-refractivity contribution in [3.8, 4) is 0 Å². The zero-order valence-corrected chi connectivity index (χ0v) is 15.6. The first-order valence-electron chi connectivity index (χ1n) is 8.87. The lowest BCUT2D eigenvalue weighted by molar-refractivity contribution is -0.121. The standard InChI is InChI=1S/C20H26N4O2/c1-15(2)14-24(20(26)18-13-21-10-11-22-18)12-9-19(25)23-16(3)17-7-5-4-6-8-17/h4-8,10-11,13,15-16H,9,12,14H2,1-3H3,(H,23,25). The van der Waals surface area contributed by atoms with E-state index in [9.17, 15) is 9.59 Å². The maximum absolute atomic E-state index is 12.6. The zero-order chi connectivity index (χ0) is 18.9. The number of carbonyl (C=O) groups is 2. The molecule has 0 spiro atoms. The van der Waals surface area contributed by atoms with Gasteiger partial charge in [0.25, 0.3) is 5.91 Å². The van der Waals surface area contributed by atoms with Gasteiger partial charge in [-0.25, -0.2) is 4.98 Å². The van der Waals surface area contributed by atoms with Gasteiger partial charge in [0.2, 0.25) is 5.91 Å². The molecule has 26 heavy (non-hydrogen) atoms. The van der Waals surface area contributed by atoms with E-state index in [4.69, 9.17) is 0 Å². The minimum absolute atomic E-state index is 0.0714. The van der Waals surface area contributed by atoms with Crippen molar-refractivity contribution < 1.29 is 9.59 Å². The molecule has 1 heterocycles. The van der Waals surface area contributed by atoms with Crippen LogP contribution in [0.4, 0.5) is 0 Å². The van der Waals surface area contributed by atoms with Crippen LogP contribution in [0.5, 0.6) is 0 Å². The van der Waals surface area contributed by atoms with E-state index in [0.717, 1.165) is 5.56 Å². The highest BCUT2D eigenvalue weighted by Crippen LogP contribution is 2.12. The number of hydrogen-bond acceptors (Lipinski definition) is 4. The molecule has 0 aliphatic heterocycles. The fourth-order valence-corrected chi connectivity index (χ4v) is 2.66. The molecule has 0 radical (unpaired) electrons. The van der Waals surface area contributed by atoms with Gasteiger partial charge in [-0.1, -0.05) is 44.2 Å². The van der Waals surface area contributed by atoms with Crippen molar-refractivity contribution >= 4 is 11.8 Å². The first-order chi connectivity index (χ1) is 12.5. The molecule has 2 aromatic rings. The summed E-state index contributed by atoms with van der Waals surface area (Å²) < 4.78 is 0. The molecule has 6 heteroatoms. The third-order valence-electron chi connectivity index (χ3n) is 3.94. The smallest absolute Gasteiger partial charge is 0.274 e. The Morgan fingerprint density at radius 2 is 1.85 bits per heavy atom. The van der Waals surface area contributed by atoms with Crippen LogP contribution in [0.1, 0.15) is 49.3 Å². The molecule has 0 saturated heterocycles. The van der Waals surface area contributed by atoms with Gasteiger partial charge < -0.3 is 10.2 Å². The maximum Gasteiger partial charge on any atom is 0.274 e. The average molecular weight is 354 g/mol. The van der Waals surface area contributed by atoms with Gasteiger partial charge in [0.15, 0.2) is 0 Å². The first-order valence-corrected chi connectivity index (χ1v) is 8.87. The van der Waals surface area contributed by atoms with Crippen molar-refractivity contribution in [3.05, 3.63) is 60.2 Å². The topological polar surface area (TPSA) is 75.2 Å². The number of amides is 2.